The van der Waals surface area contributed by atoms with Gasteiger partial charge in [-0.15, -0.1) is 0 Å². The highest BCUT2D eigenvalue weighted by Gasteiger charge is 2.33. The lowest BCUT2D eigenvalue weighted by Crippen LogP contribution is -2.36. The van der Waals surface area contributed by atoms with Gasteiger partial charge in [-0.2, -0.15) is 9.97 Å². The highest BCUT2D eigenvalue weighted by atomic mass is 16.6. The van der Waals surface area contributed by atoms with Crippen LogP contribution in [-0.2, 0) is 9.53 Å². The molecule has 0 aromatic carbocycles. The van der Waals surface area contributed by atoms with E-state index in [1.165, 1.54) is 12.8 Å². The van der Waals surface area contributed by atoms with E-state index in [-0.39, 0.29) is 30.8 Å². The number of esters is 1. The van der Waals surface area contributed by atoms with Crippen molar-refractivity contribution in [2.24, 2.45) is 0 Å². The van der Waals surface area contributed by atoms with Gasteiger partial charge in [-0.25, -0.2) is 0 Å². The number of nitrogens with two attached hydrogens (primary N) is 1. The van der Waals surface area contributed by atoms with Crippen molar-refractivity contribution in [1.29, 1.82) is 0 Å². The predicted octanol–water partition coefficient (Wildman–Crippen LogP) is 4.43. The van der Waals surface area contributed by atoms with Crippen LogP contribution in [0.3, 0.4) is 0 Å². The van der Waals surface area contributed by atoms with Crippen molar-refractivity contribution in [3.63, 3.8) is 0 Å². The van der Waals surface area contributed by atoms with Crippen LogP contribution in [0.15, 0.2) is 23.8 Å². The van der Waals surface area contributed by atoms with Crippen molar-refractivity contribution in [3.8, 4) is 6.01 Å². The molecular weight excluding hydrogens is 488 g/mol. The van der Waals surface area contributed by atoms with Crippen molar-refractivity contribution in [2.45, 2.75) is 77.7 Å². The molecule has 11 nitrogen and oxygen atoms in total. The van der Waals surface area contributed by atoms with E-state index in [1.54, 1.807) is 11.8 Å². The van der Waals surface area contributed by atoms with Gasteiger partial charge < -0.3 is 20.1 Å². The molecule has 210 valence electrons. The lowest BCUT2D eigenvalue weighted by molar-refractivity contribution is -0.383. The largest absolute Gasteiger partial charge is 0.465 e. The Kier molecular flexibility index (Phi) is 10.9. The molecule has 2 N–H and O–H groups in total. The van der Waals surface area contributed by atoms with Gasteiger partial charge in [0, 0.05) is 13.1 Å². The number of nitrogens with zero attached hydrogens (tertiary/aromatic N) is 5. The van der Waals surface area contributed by atoms with Crippen LogP contribution in [0, 0.1) is 10.1 Å². The molecule has 0 atom stereocenters. The molecule has 1 saturated heterocycles. The average Bonchev–Trinajstić information content (AvgIpc) is 3.36. The monoisotopic (exact) mass is 530 g/mol. The summed E-state index contributed by atoms with van der Waals surface area (Å²) in [5, 5.41) is 12.0. The number of nitrogen functional groups attached to an aromatic ring is 1. The molecule has 3 rings (SSSR count). The normalized spacial score (nSPS) is 18.0. The van der Waals surface area contributed by atoms with Gasteiger partial charge in [0.1, 0.15) is 12.1 Å². The number of nitro groups is 1. The minimum absolute atomic E-state index is 0.0134. The third-order valence-corrected chi connectivity index (χ3v) is 7.02. The van der Waals surface area contributed by atoms with Crippen molar-refractivity contribution in [1.82, 2.24) is 14.9 Å². The Morgan fingerprint density at radius 3 is 2.55 bits per heavy atom. The summed E-state index contributed by atoms with van der Waals surface area (Å²) in [6, 6.07) is -0.0134. The number of carbonyl (C=O) groups is 1. The molecule has 0 unspecified atom stereocenters. The third kappa shape index (κ3) is 8.41. The van der Waals surface area contributed by atoms with Gasteiger partial charge >= 0.3 is 17.7 Å². The molecule has 0 spiro atoms. The number of hydrogen-bond acceptors (Lipinski definition) is 10. The van der Waals surface area contributed by atoms with Crippen molar-refractivity contribution < 1.29 is 19.2 Å². The van der Waals surface area contributed by atoms with Crippen molar-refractivity contribution in [3.05, 3.63) is 33.9 Å². The zero-order valence-corrected chi connectivity index (χ0v) is 23.0. The minimum atomic E-state index is -0.608. The summed E-state index contributed by atoms with van der Waals surface area (Å²) in [6.07, 6.45) is 14.0. The van der Waals surface area contributed by atoms with Gasteiger partial charge in [0.15, 0.2) is 0 Å². The van der Waals surface area contributed by atoms with E-state index in [1.807, 2.05) is 19.9 Å². The van der Waals surface area contributed by atoms with Crippen molar-refractivity contribution >= 4 is 23.3 Å². The summed E-state index contributed by atoms with van der Waals surface area (Å²) < 4.78 is 11.3. The van der Waals surface area contributed by atoms with E-state index >= 15 is 0 Å². The minimum Gasteiger partial charge on any atom is -0.465 e. The fourth-order valence-corrected chi connectivity index (χ4v) is 5.13. The van der Waals surface area contributed by atoms with Gasteiger partial charge in [0.25, 0.3) is 0 Å². The smallest absolute Gasteiger partial charge is 0.353 e. The maximum atomic E-state index is 12.5. The van der Waals surface area contributed by atoms with Gasteiger partial charge in [0.2, 0.25) is 11.6 Å². The fourth-order valence-electron chi connectivity index (χ4n) is 5.13. The number of hydrogen-bond donors (Lipinski definition) is 1. The number of likely N-dealkylation sites (tertiary alicyclic amines) is 1. The number of allylic oxidation sites excluding steroid dienone is 1. The first-order valence-electron chi connectivity index (χ1n) is 13.7. The van der Waals surface area contributed by atoms with E-state index in [0.717, 1.165) is 57.3 Å². The number of carbonyl (C=O) groups excluding carboxylic acids is 1. The summed E-state index contributed by atoms with van der Waals surface area (Å²) in [4.78, 5) is 36.4. The zero-order chi connectivity index (χ0) is 27.5. The Hall–Kier alpha value is -3.21. The summed E-state index contributed by atoms with van der Waals surface area (Å²) in [7, 11) is 0. The molecule has 0 bridgehead atoms. The van der Waals surface area contributed by atoms with E-state index < -0.39 is 22.2 Å². The molecule has 2 fully saturated rings. The summed E-state index contributed by atoms with van der Waals surface area (Å²) in [5.74, 6) is -0.830. The van der Waals surface area contributed by atoms with Crippen LogP contribution in [0.2, 0.25) is 0 Å². The molecule has 0 radical (unpaired) electrons. The lowest BCUT2D eigenvalue weighted by atomic mass is 9.86. The molecule has 1 saturated carbocycles. The molecule has 0 amide bonds. The SMILES string of the molecule is C/C=C\C(=C/CCN(CC(=O)OCC)c1nc(OC2(C)CCCCC2)nc(N)c1[N+](=O)[O-])CN1CCCC1. The maximum absolute atomic E-state index is 12.5. The fraction of sp³-hybridized carbons (Fsp3) is 0.667. The quantitative estimate of drug-likeness (QED) is 0.169. The molecule has 1 aromatic rings. The van der Waals surface area contributed by atoms with E-state index in [9.17, 15) is 14.9 Å². The molecule has 38 heavy (non-hydrogen) atoms. The van der Waals surface area contributed by atoms with E-state index in [2.05, 4.69) is 27.0 Å². The van der Waals surface area contributed by atoms with Crippen LogP contribution in [0.1, 0.15) is 72.1 Å². The number of anilines is 2. The molecule has 1 aromatic heterocycles. The first-order valence-corrected chi connectivity index (χ1v) is 13.7. The van der Waals surface area contributed by atoms with Crippen molar-refractivity contribution in [2.75, 3.05) is 50.0 Å². The molecule has 2 heterocycles. The summed E-state index contributed by atoms with van der Waals surface area (Å²) >= 11 is 0. The first kappa shape index (κ1) is 29.3. The van der Waals surface area contributed by atoms with Crippen LogP contribution in [0.25, 0.3) is 0 Å². The standard InChI is InChI=1S/C27H42N6O5/c1-4-12-21(19-31-16-9-10-17-31)13-11-18-32(20-22(34)37-5-2)25-23(33(35)36)24(28)29-26(30-25)38-27(3)14-7-6-8-15-27/h4,12-13H,5-11,14-20H2,1-3H3,(H2,28,29,30)/b12-4-,21-13+. The highest BCUT2D eigenvalue weighted by Crippen LogP contribution is 2.36. The maximum Gasteiger partial charge on any atom is 0.353 e. The first-order chi connectivity index (χ1) is 18.2. The second-order valence-electron chi connectivity index (χ2n) is 10.2. The Balaban J connectivity index is 1.90. The van der Waals surface area contributed by atoms with Gasteiger partial charge in [-0.05, 0) is 84.4 Å². The van der Waals surface area contributed by atoms with E-state index in [4.69, 9.17) is 15.2 Å². The molecule has 1 aliphatic heterocycles. The summed E-state index contributed by atoms with van der Waals surface area (Å²) in [6.45, 7) is 9.00. The summed E-state index contributed by atoms with van der Waals surface area (Å²) in [5.41, 5.74) is 6.32. The zero-order valence-electron chi connectivity index (χ0n) is 23.0. The average molecular weight is 531 g/mol. The topological polar surface area (TPSA) is 137 Å². The number of aromatic nitrogens is 2. The van der Waals surface area contributed by atoms with Crippen LogP contribution < -0.4 is 15.4 Å². The Bertz CT molecular complexity index is 1020. The van der Waals surface area contributed by atoms with E-state index in [0.29, 0.717) is 13.0 Å². The molecule has 1 aliphatic carbocycles. The highest BCUT2D eigenvalue weighted by molar-refractivity contribution is 5.78. The predicted molar refractivity (Wildman–Crippen MR) is 147 cm³/mol. The number of ether oxygens (including phenoxy) is 2. The van der Waals surface area contributed by atoms with Crippen LogP contribution in [-0.4, -0.2) is 70.7 Å². The Morgan fingerprint density at radius 1 is 1.21 bits per heavy atom. The lowest BCUT2D eigenvalue weighted by Gasteiger charge is -2.33. The second-order valence-corrected chi connectivity index (χ2v) is 10.2. The number of rotatable bonds is 13. The van der Waals surface area contributed by atoms with Gasteiger partial charge in [-0.3, -0.25) is 19.8 Å². The molecule has 11 heteroatoms. The van der Waals surface area contributed by atoms with Gasteiger partial charge in [0.05, 0.1) is 11.5 Å². The third-order valence-electron chi connectivity index (χ3n) is 7.02. The Labute approximate surface area is 225 Å². The van der Waals surface area contributed by atoms with Gasteiger partial charge in [-0.1, -0.05) is 24.6 Å². The van der Waals surface area contributed by atoms with Crippen LogP contribution in [0.5, 0.6) is 6.01 Å². The second kappa shape index (κ2) is 14.1. The van der Waals surface area contributed by atoms with Crippen LogP contribution in [0.4, 0.5) is 17.3 Å². The Morgan fingerprint density at radius 2 is 1.92 bits per heavy atom. The molecule has 2 aliphatic rings. The van der Waals surface area contributed by atoms with Crippen LogP contribution >= 0.6 is 0 Å². The molecular formula is C27H42N6O5.